The normalized spacial score (nSPS) is 25.9. The van der Waals surface area contributed by atoms with Gasteiger partial charge in [0.05, 0.1) is 0 Å². The van der Waals surface area contributed by atoms with Crippen LogP contribution < -0.4 is 20.1 Å². The highest BCUT2D eigenvalue weighted by Crippen LogP contribution is 2.49. The predicted octanol–water partition coefficient (Wildman–Crippen LogP) is 11.9. The number of benzene rings is 2. The zero-order valence-corrected chi connectivity index (χ0v) is 39.2. The molecular formula is C52H76N2O8. The number of unbranched alkanes of at least 4 members (excludes halogenated alkanes) is 5. The summed E-state index contributed by atoms with van der Waals surface area (Å²) in [6.07, 6.45) is 17.9. The van der Waals surface area contributed by atoms with E-state index in [1.54, 1.807) is 0 Å². The Morgan fingerprint density at radius 3 is 1.34 bits per heavy atom. The van der Waals surface area contributed by atoms with Crippen molar-refractivity contribution in [3.8, 4) is 11.5 Å². The number of ether oxygens (including phenoxy) is 4. The van der Waals surface area contributed by atoms with Gasteiger partial charge in [0.25, 0.3) is 0 Å². The maximum absolute atomic E-state index is 13.0. The third-order valence-corrected chi connectivity index (χ3v) is 14.0. The molecular weight excluding hydrogens is 781 g/mol. The summed E-state index contributed by atoms with van der Waals surface area (Å²) >= 11 is 0. The van der Waals surface area contributed by atoms with Crippen LogP contribution in [0.15, 0.2) is 36.4 Å². The van der Waals surface area contributed by atoms with Crippen molar-refractivity contribution in [1.29, 1.82) is 0 Å². The van der Waals surface area contributed by atoms with Gasteiger partial charge >= 0.3 is 24.1 Å². The summed E-state index contributed by atoms with van der Waals surface area (Å²) in [4.78, 5) is 52.0. The summed E-state index contributed by atoms with van der Waals surface area (Å²) < 4.78 is 23.2. The van der Waals surface area contributed by atoms with Gasteiger partial charge < -0.3 is 29.6 Å². The molecule has 4 aliphatic carbocycles. The van der Waals surface area contributed by atoms with Crippen molar-refractivity contribution in [3.63, 3.8) is 0 Å². The second-order valence-electron chi connectivity index (χ2n) is 21.4. The van der Waals surface area contributed by atoms with E-state index >= 15 is 0 Å². The quantitative estimate of drug-likeness (QED) is 0.116. The number of amides is 2. The van der Waals surface area contributed by atoms with Crippen molar-refractivity contribution in [2.45, 2.75) is 218 Å². The van der Waals surface area contributed by atoms with Gasteiger partial charge in [-0.1, -0.05) is 90.2 Å². The van der Waals surface area contributed by atoms with E-state index in [1.807, 2.05) is 65.8 Å². The molecule has 0 heterocycles. The fraction of sp³-hybridized carbons (Fsp3) is 0.692. The molecule has 0 aliphatic heterocycles. The highest BCUT2D eigenvalue weighted by molar-refractivity contribution is 5.73. The lowest BCUT2D eigenvalue weighted by atomic mass is 9.59. The van der Waals surface area contributed by atoms with Gasteiger partial charge in [-0.15, -0.1) is 0 Å². The first-order valence-corrected chi connectivity index (χ1v) is 24.0. The van der Waals surface area contributed by atoms with Gasteiger partial charge in [0.1, 0.15) is 22.7 Å². The third kappa shape index (κ3) is 12.3. The Balaban J connectivity index is 0.931. The molecule has 10 nitrogen and oxygen atoms in total. The monoisotopic (exact) mass is 857 g/mol. The number of carbonyl (C=O) groups excluding carboxylic acids is 4. The Morgan fingerprint density at radius 1 is 0.565 bits per heavy atom. The van der Waals surface area contributed by atoms with Crippen LogP contribution in [0.4, 0.5) is 9.59 Å². The van der Waals surface area contributed by atoms with Crippen LogP contribution >= 0.6 is 0 Å². The molecule has 342 valence electrons. The zero-order chi connectivity index (χ0) is 44.7. The molecule has 2 aromatic rings. The fourth-order valence-corrected chi connectivity index (χ4v) is 11.1. The molecule has 6 rings (SSSR count). The summed E-state index contributed by atoms with van der Waals surface area (Å²) in [5, 5.41) is 6.56. The van der Waals surface area contributed by atoms with Gasteiger partial charge in [-0.25, -0.2) is 9.59 Å². The van der Waals surface area contributed by atoms with Gasteiger partial charge in [-0.05, 0) is 151 Å². The van der Waals surface area contributed by atoms with Crippen LogP contribution in [0.25, 0.3) is 0 Å². The van der Waals surface area contributed by atoms with E-state index in [0.717, 1.165) is 103 Å². The third-order valence-electron chi connectivity index (χ3n) is 14.0. The SMILES string of the molecule is CC(C)(C)OC(=O)N[C@H]1[C@H]2CCCCC[C@]1(C)c1cc(OC(=O)CCCCCCCCC(=O)Oc3ccc4c(c3)[C@@]3(C)CCCCC[C@@H](C4)[C@@H]3NC(=O)OC(C)(C)C)ccc1C2. The number of nitrogens with one attached hydrogen (secondary N) is 2. The lowest BCUT2D eigenvalue weighted by Crippen LogP contribution is -2.57. The fourth-order valence-electron chi connectivity index (χ4n) is 11.1. The van der Waals surface area contributed by atoms with E-state index in [1.165, 1.54) is 35.1 Å². The summed E-state index contributed by atoms with van der Waals surface area (Å²) in [7, 11) is 0. The molecule has 0 saturated heterocycles. The molecule has 6 atom stereocenters. The van der Waals surface area contributed by atoms with Crippen LogP contribution in [0.2, 0.25) is 0 Å². The van der Waals surface area contributed by atoms with Crippen LogP contribution in [-0.4, -0.2) is 47.4 Å². The minimum Gasteiger partial charge on any atom is -0.444 e. The Hall–Kier alpha value is -4.08. The summed E-state index contributed by atoms with van der Waals surface area (Å²) in [6.45, 7) is 15.8. The highest BCUT2D eigenvalue weighted by Gasteiger charge is 2.48. The topological polar surface area (TPSA) is 129 Å². The van der Waals surface area contributed by atoms with Gasteiger partial charge in [0.2, 0.25) is 0 Å². The lowest BCUT2D eigenvalue weighted by Gasteiger charge is -2.49. The van der Waals surface area contributed by atoms with Gasteiger partial charge in [0.15, 0.2) is 0 Å². The van der Waals surface area contributed by atoms with Crippen LogP contribution in [0.5, 0.6) is 11.5 Å². The van der Waals surface area contributed by atoms with E-state index in [2.05, 4.69) is 36.6 Å². The molecule has 4 aliphatic rings. The molecule has 4 bridgehead atoms. The van der Waals surface area contributed by atoms with E-state index < -0.39 is 11.2 Å². The summed E-state index contributed by atoms with van der Waals surface area (Å²) in [5.74, 6) is 1.33. The first kappa shape index (κ1) is 47.4. The number of esters is 2. The van der Waals surface area contributed by atoms with Crippen LogP contribution in [0, 0.1) is 11.8 Å². The smallest absolute Gasteiger partial charge is 0.407 e. The molecule has 0 aromatic heterocycles. The van der Waals surface area contributed by atoms with Crippen LogP contribution in [0.1, 0.15) is 193 Å². The number of rotatable bonds is 13. The molecule has 62 heavy (non-hydrogen) atoms. The van der Waals surface area contributed by atoms with Crippen molar-refractivity contribution in [3.05, 3.63) is 58.7 Å². The van der Waals surface area contributed by atoms with Crippen molar-refractivity contribution >= 4 is 24.1 Å². The van der Waals surface area contributed by atoms with Gasteiger partial charge in [-0.3, -0.25) is 9.59 Å². The largest absolute Gasteiger partial charge is 0.444 e. The maximum Gasteiger partial charge on any atom is 0.407 e. The van der Waals surface area contributed by atoms with E-state index in [-0.39, 0.29) is 47.0 Å². The van der Waals surface area contributed by atoms with E-state index in [0.29, 0.717) is 36.2 Å². The van der Waals surface area contributed by atoms with Crippen LogP contribution in [0.3, 0.4) is 0 Å². The van der Waals surface area contributed by atoms with Crippen molar-refractivity contribution in [1.82, 2.24) is 10.6 Å². The van der Waals surface area contributed by atoms with Crippen molar-refractivity contribution in [2.24, 2.45) is 11.8 Å². The molecule has 0 unspecified atom stereocenters. The van der Waals surface area contributed by atoms with E-state index in [9.17, 15) is 19.2 Å². The lowest BCUT2D eigenvalue weighted by molar-refractivity contribution is -0.135. The number of alkyl carbamates (subject to hydrolysis) is 2. The first-order chi connectivity index (χ1) is 29.3. The van der Waals surface area contributed by atoms with Gasteiger partial charge in [0, 0.05) is 35.8 Å². The Kier molecular flexibility index (Phi) is 15.4. The summed E-state index contributed by atoms with van der Waals surface area (Å²) in [5.41, 5.74) is 3.16. The second kappa shape index (κ2) is 20.2. The minimum atomic E-state index is -0.572. The molecule has 0 radical (unpaired) electrons. The Bertz CT molecular complexity index is 1760. The van der Waals surface area contributed by atoms with E-state index in [4.69, 9.17) is 18.9 Å². The first-order valence-electron chi connectivity index (χ1n) is 24.0. The maximum atomic E-state index is 13.0. The molecule has 2 fully saturated rings. The molecule has 2 N–H and O–H groups in total. The van der Waals surface area contributed by atoms with Gasteiger partial charge in [-0.2, -0.15) is 0 Å². The average Bonchev–Trinajstić information content (AvgIpc) is 3.17. The summed E-state index contributed by atoms with van der Waals surface area (Å²) in [6, 6.07) is 12.1. The van der Waals surface area contributed by atoms with Crippen molar-refractivity contribution < 1.29 is 38.1 Å². The molecule has 0 spiro atoms. The second-order valence-corrected chi connectivity index (χ2v) is 21.4. The number of carbonyl (C=O) groups is 4. The highest BCUT2D eigenvalue weighted by atomic mass is 16.6. The molecule has 2 amide bonds. The minimum absolute atomic E-state index is 0.0559. The Labute approximate surface area is 371 Å². The van der Waals surface area contributed by atoms with Crippen LogP contribution in [-0.2, 0) is 42.7 Å². The van der Waals surface area contributed by atoms with Crippen molar-refractivity contribution in [2.75, 3.05) is 0 Å². The average molecular weight is 857 g/mol. The molecule has 2 saturated carbocycles. The Morgan fingerprint density at radius 2 is 0.952 bits per heavy atom. The number of hydrogen-bond donors (Lipinski definition) is 2. The predicted molar refractivity (Wildman–Crippen MR) is 243 cm³/mol. The molecule has 2 aromatic carbocycles. The molecule has 10 heteroatoms. The standard InChI is InChI=1S/C52H76N2O8/c1-49(2,3)61-47(57)53-45-37-21-15-13-19-29-51(45,7)41-33-39(27-25-35(41)31-37)59-43(55)23-17-11-9-10-12-18-24-44(56)60-40-28-26-36-32-38-22-16-14-20-30-52(8,42(36)34-40)46(38)54-48(58)62-50(4,5)6/h25-28,33-34,37-38,45-46H,9-24,29-32H2,1-8H3,(H,53,57)(H,54,58)/t37-,38-,45-,46-,51+,52+/m0/s1. The zero-order valence-electron chi connectivity index (χ0n) is 39.2. The number of fused-ring (bicyclic) bond motifs is 8. The number of hydrogen-bond acceptors (Lipinski definition) is 8.